The predicted octanol–water partition coefficient (Wildman–Crippen LogP) is 2.01. The van der Waals surface area contributed by atoms with Crippen LogP contribution in [-0.4, -0.2) is 52.1 Å². The first kappa shape index (κ1) is 15.4. The molecule has 1 unspecified atom stereocenters. The summed E-state index contributed by atoms with van der Waals surface area (Å²) in [5.41, 5.74) is 2.21. The summed E-state index contributed by atoms with van der Waals surface area (Å²) in [7, 11) is 0. The Hall–Kier alpha value is -1.50. The van der Waals surface area contributed by atoms with Crippen LogP contribution in [0, 0.1) is 13.8 Å². The van der Waals surface area contributed by atoms with Gasteiger partial charge in [-0.1, -0.05) is 29.8 Å². The number of aromatic nitrogens is 2. The van der Waals surface area contributed by atoms with Crippen molar-refractivity contribution in [2.24, 2.45) is 0 Å². The summed E-state index contributed by atoms with van der Waals surface area (Å²) in [5.74, 6) is 0.845. The zero-order valence-electron chi connectivity index (χ0n) is 13.1. The summed E-state index contributed by atoms with van der Waals surface area (Å²) in [6.07, 6.45) is -0.420. The molecular formula is C16H22N4OS. The standard InChI is InChI=1S/C16H22N4OS/c1-12-3-5-14(6-4-12)15(21)11-19-7-9-20(10-8-19)16-17-13(2)18-22-16/h3-6,15,21H,7-11H2,1-2H3. The lowest BCUT2D eigenvalue weighted by Crippen LogP contribution is -2.47. The van der Waals surface area contributed by atoms with E-state index in [4.69, 9.17) is 0 Å². The van der Waals surface area contributed by atoms with Crippen LogP contribution in [0.15, 0.2) is 24.3 Å². The van der Waals surface area contributed by atoms with E-state index in [9.17, 15) is 5.11 Å². The van der Waals surface area contributed by atoms with E-state index in [1.165, 1.54) is 17.1 Å². The number of benzene rings is 1. The Bertz CT molecular complexity index is 605. The lowest BCUT2D eigenvalue weighted by Gasteiger charge is -2.35. The molecule has 5 nitrogen and oxygen atoms in total. The summed E-state index contributed by atoms with van der Waals surface area (Å²) < 4.78 is 4.24. The highest BCUT2D eigenvalue weighted by atomic mass is 32.1. The maximum Gasteiger partial charge on any atom is 0.205 e. The minimum atomic E-state index is -0.420. The van der Waals surface area contributed by atoms with Crippen LogP contribution in [0.4, 0.5) is 5.13 Å². The van der Waals surface area contributed by atoms with Crippen molar-refractivity contribution in [2.75, 3.05) is 37.6 Å². The van der Waals surface area contributed by atoms with Crippen LogP contribution >= 0.6 is 11.5 Å². The van der Waals surface area contributed by atoms with E-state index in [-0.39, 0.29) is 0 Å². The smallest absolute Gasteiger partial charge is 0.205 e. The predicted molar refractivity (Wildman–Crippen MR) is 89.4 cm³/mol. The van der Waals surface area contributed by atoms with Gasteiger partial charge in [0.2, 0.25) is 5.13 Å². The summed E-state index contributed by atoms with van der Waals surface area (Å²) in [5, 5.41) is 11.4. The van der Waals surface area contributed by atoms with E-state index < -0.39 is 6.10 Å². The van der Waals surface area contributed by atoms with Gasteiger partial charge in [0.05, 0.1) is 6.10 Å². The molecule has 2 aromatic rings. The van der Waals surface area contributed by atoms with E-state index in [0.29, 0.717) is 6.54 Å². The zero-order valence-corrected chi connectivity index (χ0v) is 13.9. The number of piperazine rings is 1. The highest BCUT2D eigenvalue weighted by Crippen LogP contribution is 2.20. The summed E-state index contributed by atoms with van der Waals surface area (Å²) in [6, 6.07) is 8.13. The second kappa shape index (κ2) is 6.73. The highest BCUT2D eigenvalue weighted by Gasteiger charge is 2.21. The van der Waals surface area contributed by atoms with Crippen molar-refractivity contribution in [1.82, 2.24) is 14.3 Å². The van der Waals surface area contributed by atoms with Gasteiger partial charge >= 0.3 is 0 Å². The molecule has 22 heavy (non-hydrogen) atoms. The van der Waals surface area contributed by atoms with Gasteiger partial charge in [-0.15, -0.1) is 0 Å². The Labute approximate surface area is 135 Å². The van der Waals surface area contributed by atoms with Crippen molar-refractivity contribution in [1.29, 1.82) is 0 Å². The minimum Gasteiger partial charge on any atom is -0.387 e. The number of aliphatic hydroxyl groups is 1. The first-order chi connectivity index (χ1) is 10.6. The van der Waals surface area contributed by atoms with Gasteiger partial charge in [0.1, 0.15) is 5.82 Å². The topological polar surface area (TPSA) is 52.5 Å². The number of aliphatic hydroxyl groups excluding tert-OH is 1. The Kier molecular flexibility index (Phi) is 4.71. The van der Waals surface area contributed by atoms with Crippen LogP contribution in [0.3, 0.4) is 0 Å². The van der Waals surface area contributed by atoms with Crippen LogP contribution in [0.5, 0.6) is 0 Å². The molecule has 1 saturated heterocycles. The third kappa shape index (κ3) is 3.63. The molecule has 6 heteroatoms. The molecule has 0 bridgehead atoms. The molecule has 1 atom stereocenters. The first-order valence-corrected chi connectivity index (χ1v) is 8.41. The van der Waals surface area contributed by atoms with Gasteiger partial charge in [-0.2, -0.15) is 4.37 Å². The van der Waals surface area contributed by atoms with Gasteiger partial charge in [-0.05, 0) is 19.4 Å². The number of aryl methyl sites for hydroxylation is 2. The summed E-state index contributed by atoms with van der Waals surface area (Å²) in [4.78, 5) is 9.03. The molecular weight excluding hydrogens is 296 g/mol. The van der Waals surface area contributed by atoms with Crippen molar-refractivity contribution >= 4 is 16.7 Å². The molecule has 3 rings (SSSR count). The largest absolute Gasteiger partial charge is 0.387 e. The second-order valence-electron chi connectivity index (χ2n) is 5.84. The third-order valence-electron chi connectivity index (χ3n) is 4.05. The minimum absolute atomic E-state index is 0.420. The maximum atomic E-state index is 10.4. The van der Waals surface area contributed by atoms with Gasteiger partial charge in [0.25, 0.3) is 0 Å². The third-order valence-corrected chi connectivity index (χ3v) is 4.92. The van der Waals surface area contributed by atoms with E-state index in [2.05, 4.69) is 26.1 Å². The Morgan fingerprint density at radius 3 is 2.41 bits per heavy atom. The molecule has 1 aliphatic heterocycles. The molecule has 0 aliphatic carbocycles. The zero-order chi connectivity index (χ0) is 15.5. The number of hydrogen-bond donors (Lipinski definition) is 1. The van der Waals surface area contributed by atoms with Crippen LogP contribution in [0.2, 0.25) is 0 Å². The van der Waals surface area contributed by atoms with Crippen molar-refractivity contribution < 1.29 is 5.11 Å². The molecule has 1 fully saturated rings. The number of anilines is 1. The van der Waals surface area contributed by atoms with Crippen LogP contribution in [0.25, 0.3) is 0 Å². The van der Waals surface area contributed by atoms with Gasteiger partial charge < -0.3 is 10.0 Å². The molecule has 0 saturated carbocycles. The van der Waals surface area contributed by atoms with Crippen LogP contribution in [0.1, 0.15) is 23.1 Å². The second-order valence-corrected chi connectivity index (χ2v) is 6.57. The van der Waals surface area contributed by atoms with Crippen LogP contribution in [-0.2, 0) is 0 Å². The van der Waals surface area contributed by atoms with E-state index in [1.54, 1.807) is 0 Å². The Morgan fingerprint density at radius 2 is 1.82 bits per heavy atom. The average molecular weight is 318 g/mol. The monoisotopic (exact) mass is 318 g/mol. The lowest BCUT2D eigenvalue weighted by molar-refractivity contribution is 0.109. The van der Waals surface area contributed by atoms with E-state index in [1.807, 2.05) is 31.2 Å². The van der Waals surface area contributed by atoms with Crippen molar-refractivity contribution in [2.45, 2.75) is 20.0 Å². The number of hydrogen-bond acceptors (Lipinski definition) is 6. The highest BCUT2D eigenvalue weighted by molar-refractivity contribution is 7.09. The number of nitrogens with zero attached hydrogens (tertiary/aromatic N) is 4. The molecule has 2 heterocycles. The SMILES string of the molecule is Cc1ccc(C(O)CN2CCN(c3nc(C)ns3)CC2)cc1. The molecule has 0 radical (unpaired) electrons. The lowest BCUT2D eigenvalue weighted by atomic mass is 10.1. The average Bonchev–Trinajstić information content (AvgIpc) is 2.95. The van der Waals surface area contributed by atoms with Crippen molar-refractivity contribution in [3.8, 4) is 0 Å². The number of rotatable bonds is 4. The fourth-order valence-electron chi connectivity index (χ4n) is 2.67. The van der Waals surface area contributed by atoms with Gasteiger partial charge in [0, 0.05) is 44.3 Å². The maximum absolute atomic E-state index is 10.4. The fourth-order valence-corrected chi connectivity index (χ4v) is 3.40. The van der Waals surface area contributed by atoms with Crippen molar-refractivity contribution in [3.05, 3.63) is 41.2 Å². The van der Waals surface area contributed by atoms with E-state index in [0.717, 1.165) is 42.7 Å². The number of β-amino-alcohol motifs (C(OH)–C–C–N with tert-alkyl or cyclic N) is 1. The van der Waals surface area contributed by atoms with E-state index >= 15 is 0 Å². The molecule has 0 amide bonds. The fraction of sp³-hybridized carbons (Fsp3) is 0.500. The molecule has 1 N–H and O–H groups in total. The molecule has 1 aromatic heterocycles. The Balaban J connectivity index is 1.52. The van der Waals surface area contributed by atoms with Crippen LogP contribution < -0.4 is 4.90 Å². The van der Waals surface area contributed by atoms with Crippen molar-refractivity contribution in [3.63, 3.8) is 0 Å². The quantitative estimate of drug-likeness (QED) is 0.934. The molecule has 0 spiro atoms. The van der Waals surface area contributed by atoms with Gasteiger partial charge in [-0.25, -0.2) is 4.98 Å². The van der Waals surface area contributed by atoms with Gasteiger partial charge in [-0.3, -0.25) is 4.90 Å². The summed E-state index contributed by atoms with van der Waals surface area (Å²) >= 11 is 1.47. The molecule has 118 valence electrons. The summed E-state index contributed by atoms with van der Waals surface area (Å²) in [6.45, 7) is 8.44. The molecule has 1 aromatic carbocycles. The molecule has 1 aliphatic rings. The Morgan fingerprint density at radius 1 is 1.14 bits per heavy atom. The van der Waals surface area contributed by atoms with Gasteiger partial charge in [0.15, 0.2) is 0 Å². The normalized spacial score (nSPS) is 17.7. The first-order valence-electron chi connectivity index (χ1n) is 7.64.